The lowest BCUT2D eigenvalue weighted by atomic mass is 9.88. The average molecular weight is 522 g/mol. The van der Waals surface area contributed by atoms with Crippen molar-refractivity contribution in [1.29, 1.82) is 0 Å². The Kier molecular flexibility index (Phi) is 8.37. The van der Waals surface area contributed by atoms with Crippen LogP contribution in [0.4, 0.5) is 0 Å². The highest BCUT2D eigenvalue weighted by molar-refractivity contribution is 7.84. The molecule has 1 unspecified atom stereocenters. The molecule has 0 bridgehead atoms. The van der Waals surface area contributed by atoms with E-state index in [1.807, 2.05) is 0 Å². The Hall–Kier alpha value is -3.85. The SMILES string of the molecule is CC(NC(=O)[C@H]1[C@@H](C(=O)N(O)OCc2ccccc2)C(=O)N1S(=O)(=O)O)C(=O)OCc1ccccc1. The third-order valence-corrected chi connectivity index (χ3v) is 6.06. The lowest BCUT2D eigenvalue weighted by Gasteiger charge is -2.42. The zero-order valence-electron chi connectivity index (χ0n) is 18.9. The topological polar surface area (TPSA) is 180 Å². The summed E-state index contributed by atoms with van der Waals surface area (Å²) in [5.74, 6) is -7.10. The number of benzene rings is 2. The average Bonchev–Trinajstić information content (AvgIpc) is 2.84. The van der Waals surface area contributed by atoms with Crippen LogP contribution < -0.4 is 5.32 Å². The quantitative estimate of drug-likeness (QED) is 0.0977. The van der Waals surface area contributed by atoms with E-state index in [4.69, 9.17) is 9.57 Å². The van der Waals surface area contributed by atoms with E-state index in [1.54, 1.807) is 60.7 Å². The normalized spacial score (nSPS) is 18.1. The van der Waals surface area contributed by atoms with Gasteiger partial charge in [-0.25, -0.2) is 13.9 Å². The molecule has 1 aliphatic rings. The maximum Gasteiger partial charge on any atom is 0.362 e. The molecule has 3 rings (SSSR count). The van der Waals surface area contributed by atoms with Gasteiger partial charge >= 0.3 is 16.3 Å². The molecule has 0 aliphatic carbocycles. The summed E-state index contributed by atoms with van der Waals surface area (Å²) in [4.78, 5) is 54.8. The summed E-state index contributed by atoms with van der Waals surface area (Å²) in [7, 11) is -5.25. The molecule has 2 aromatic carbocycles. The van der Waals surface area contributed by atoms with E-state index in [2.05, 4.69) is 5.32 Å². The molecule has 0 saturated carbocycles. The van der Waals surface area contributed by atoms with Gasteiger partial charge in [-0.1, -0.05) is 65.9 Å². The van der Waals surface area contributed by atoms with Crippen LogP contribution in [0.2, 0.25) is 0 Å². The first kappa shape index (κ1) is 26.7. The van der Waals surface area contributed by atoms with E-state index >= 15 is 0 Å². The molecule has 36 heavy (non-hydrogen) atoms. The van der Waals surface area contributed by atoms with Crippen molar-refractivity contribution in [2.75, 3.05) is 0 Å². The van der Waals surface area contributed by atoms with E-state index in [0.29, 0.717) is 11.1 Å². The van der Waals surface area contributed by atoms with Gasteiger partial charge in [0.15, 0.2) is 5.92 Å². The predicted molar refractivity (Wildman–Crippen MR) is 119 cm³/mol. The zero-order valence-corrected chi connectivity index (χ0v) is 19.7. The minimum atomic E-state index is -5.25. The van der Waals surface area contributed by atoms with Crippen molar-refractivity contribution in [1.82, 2.24) is 14.8 Å². The van der Waals surface area contributed by atoms with Crippen LogP contribution in [0.25, 0.3) is 0 Å². The molecule has 3 atom stereocenters. The molecule has 0 radical (unpaired) electrons. The van der Waals surface area contributed by atoms with Gasteiger partial charge < -0.3 is 10.1 Å². The number of carbonyl (C=O) groups excluding carboxylic acids is 4. The maximum atomic E-state index is 12.8. The molecule has 2 aromatic rings. The predicted octanol–water partition coefficient (Wildman–Crippen LogP) is 0.214. The second kappa shape index (κ2) is 11.3. The fraction of sp³-hybridized carbons (Fsp3) is 0.273. The summed E-state index contributed by atoms with van der Waals surface area (Å²) in [6.07, 6.45) is 0. The molecular formula is C22H23N3O10S. The van der Waals surface area contributed by atoms with Gasteiger partial charge in [0.2, 0.25) is 5.91 Å². The number of rotatable bonds is 10. The monoisotopic (exact) mass is 521 g/mol. The highest BCUT2D eigenvalue weighted by Gasteiger charge is 2.61. The Labute approximate surface area is 206 Å². The number of amides is 3. The number of ether oxygens (including phenoxy) is 1. The summed E-state index contributed by atoms with van der Waals surface area (Å²) in [6, 6.07) is 13.6. The molecule has 14 heteroatoms. The fourth-order valence-corrected chi connectivity index (χ4v) is 4.17. The fourth-order valence-electron chi connectivity index (χ4n) is 3.32. The number of esters is 1. The Morgan fingerprint density at radius 2 is 1.56 bits per heavy atom. The number of nitrogens with one attached hydrogen (secondary N) is 1. The van der Waals surface area contributed by atoms with Crippen LogP contribution in [0.1, 0.15) is 18.1 Å². The molecule has 1 saturated heterocycles. The largest absolute Gasteiger partial charge is 0.459 e. The van der Waals surface area contributed by atoms with Crippen LogP contribution in [-0.2, 0) is 52.3 Å². The van der Waals surface area contributed by atoms with Gasteiger partial charge in [-0.15, -0.1) is 0 Å². The van der Waals surface area contributed by atoms with Gasteiger partial charge in [0, 0.05) is 0 Å². The lowest BCUT2D eigenvalue weighted by molar-refractivity contribution is -0.325. The van der Waals surface area contributed by atoms with Crippen molar-refractivity contribution in [3.05, 3.63) is 71.8 Å². The number of hydrogen-bond acceptors (Lipinski definition) is 9. The number of nitrogens with zero attached hydrogens (tertiary/aromatic N) is 2. The van der Waals surface area contributed by atoms with Crippen LogP contribution in [0.15, 0.2) is 60.7 Å². The third kappa shape index (κ3) is 6.23. The van der Waals surface area contributed by atoms with Crippen molar-refractivity contribution >= 4 is 34.0 Å². The van der Waals surface area contributed by atoms with Crippen LogP contribution in [0.3, 0.4) is 0 Å². The Morgan fingerprint density at radius 1 is 1.03 bits per heavy atom. The van der Waals surface area contributed by atoms with E-state index in [9.17, 15) is 37.4 Å². The summed E-state index contributed by atoms with van der Waals surface area (Å²) < 4.78 is 37.5. The highest BCUT2D eigenvalue weighted by atomic mass is 32.2. The summed E-state index contributed by atoms with van der Waals surface area (Å²) in [5.41, 5.74) is 1.23. The first-order chi connectivity index (χ1) is 17.0. The number of hydroxylamine groups is 2. The molecule has 3 amide bonds. The van der Waals surface area contributed by atoms with Crippen LogP contribution in [0, 0.1) is 5.92 Å². The molecular weight excluding hydrogens is 498 g/mol. The molecule has 0 spiro atoms. The minimum absolute atomic E-state index is 0.0989. The van der Waals surface area contributed by atoms with E-state index in [1.165, 1.54) is 6.92 Å². The van der Waals surface area contributed by atoms with Crippen molar-refractivity contribution in [2.45, 2.75) is 32.2 Å². The molecule has 1 fully saturated rings. The Morgan fingerprint density at radius 3 is 2.08 bits per heavy atom. The van der Waals surface area contributed by atoms with Gasteiger partial charge in [-0.3, -0.25) is 24.1 Å². The van der Waals surface area contributed by atoms with Gasteiger partial charge in [0.25, 0.3) is 11.8 Å². The Bertz CT molecular complexity index is 1220. The smallest absolute Gasteiger partial charge is 0.362 e. The van der Waals surface area contributed by atoms with Crippen LogP contribution >= 0.6 is 0 Å². The van der Waals surface area contributed by atoms with Crippen molar-refractivity contribution in [3.63, 3.8) is 0 Å². The first-order valence-corrected chi connectivity index (χ1v) is 11.9. The van der Waals surface area contributed by atoms with Crippen molar-refractivity contribution in [3.8, 4) is 0 Å². The third-order valence-electron chi connectivity index (χ3n) is 5.16. The second-order valence-corrected chi connectivity index (χ2v) is 9.02. The van der Waals surface area contributed by atoms with E-state index in [0.717, 1.165) is 0 Å². The summed E-state index contributed by atoms with van der Waals surface area (Å²) >= 11 is 0. The van der Waals surface area contributed by atoms with Crippen molar-refractivity contribution < 1.29 is 46.9 Å². The molecule has 3 N–H and O–H groups in total. The molecule has 13 nitrogen and oxygen atoms in total. The molecule has 1 heterocycles. The van der Waals surface area contributed by atoms with Crippen LogP contribution in [-0.4, -0.2) is 63.5 Å². The second-order valence-electron chi connectivity index (χ2n) is 7.73. The minimum Gasteiger partial charge on any atom is -0.459 e. The molecule has 192 valence electrons. The van der Waals surface area contributed by atoms with Gasteiger partial charge in [-0.2, -0.15) is 8.42 Å². The Balaban J connectivity index is 1.66. The molecule has 0 aromatic heterocycles. The molecule has 1 aliphatic heterocycles. The standard InChI is InChI=1S/C22H23N3O10S/c1-14(22(29)34-12-15-8-4-2-5-9-15)23-19(26)18-17(20(27)24(18)36(31,32)33)21(28)25(30)35-13-16-10-6-3-7-11-16/h2-11,14,17-18,30H,12-13H2,1H3,(H,23,26)(H,31,32,33)/t14?,17-,18-/m1/s1. The van der Waals surface area contributed by atoms with Gasteiger partial charge in [0.05, 0.1) is 0 Å². The number of hydrogen-bond donors (Lipinski definition) is 3. The maximum absolute atomic E-state index is 12.8. The number of carbonyl (C=O) groups is 4. The van der Waals surface area contributed by atoms with Crippen LogP contribution in [0.5, 0.6) is 0 Å². The van der Waals surface area contributed by atoms with E-state index in [-0.39, 0.29) is 22.7 Å². The summed E-state index contributed by atoms with van der Waals surface area (Å²) in [5, 5.41) is 11.8. The number of β-lactam (4-membered cyclic amide) rings is 1. The zero-order chi connectivity index (χ0) is 26.5. The van der Waals surface area contributed by atoms with Gasteiger partial charge in [-0.05, 0) is 18.1 Å². The van der Waals surface area contributed by atoms with E-state index < -0.39 is 52.0 Å². The highest BCUT2D eigenvalue weighted by Crippen LogP contribution is 2.31. The lowest BCUT2D eigenvalue weighted by Crippen LogP contribution is -2.71. The van der Waals surface area contributed by atoms with Crippen molar-refractivity contribution in [2.24, 2.45) is 5.92 Å². The summed E-state index contributed by atoms with van der Waals surface area (Å²) in [6.45, 7) is 0.854. The first-order valence-electron chi connectivity index (χ1n) is 10.5. The van der Waals surface area contributed by atoms with Gasteiger partial charge in [0.1, 0.15) is 25.3 Å².